The summed E-state index contributed by atoms with van der Waals surface area (Å²) in [6.45, 7) is 1.83. The fraction of sp³-hybridized carbons (Fsp3) is 0.500. The van der Waals surface area contributed by atoms with Gasteiger partial charge in [0.25, 0.3) is 0 Å². The van der Waals surface area contributed by atoms with E-state index in [2.05, 4.69) is 0 Å². The average molecular weight is 281 g/mol. The van der Waals surface area contributed by atoms with Gasteiger partial charge in [0.2, 0.25) is 0 Å². The van der Waals surface area contributed by atoms with Gasteiger partial charge in [0.15, 0.2) is 15.6 Å². The number of carbonyl (C=O) groups excluding carboxylic acids is 1. The zero-order valence-corrected chi connectivity index (χ0v) is 12.1. The van der Waals surface area contributed by atoms with Crippen molar-refractivity contribution in [3.63, 3.8) is 0 Å². The Labute approximate surface area is 114 Å². The molecule has 0 aliphatic carbocycles. The van der Waals surface area contributed by atoms with Gasteiger partial charge in [-0.3, -0.25) is 4.79 Å². The average Bonchev–Trinajstić information content (AvgIpc) is 2.77. The molecule has 1 unspecified atom stereocenters. The van der Waals surface area contributed by atoms with Crippen LogP contribution in [0.25, 0.3) is 0 Å². The summed E-state index contributed by atoms with van der Waals surface area (Å²) in [4.78, 5) is 13.9. The summed E-state index contributed by atoms with van der Waals surface area (Å²) in [5, 5.41) is 0. The van der Waals surface area contributed by atoms with Crippen LogP contribution in [0.5, 0.6) is 0 Å². The maximum absolute atomic E-state index is 11.9. The van der Waals surface area contributed by atoms with Gasteiger partial charge in [0.1, 0.15) is 0 Å². The molecule has 104 valence electrons. The number of hydrogen-bond donors (Lipinski definition) is 0. The zero-order valence-electron chi connectivity index (χ0n) is 11.3. The third-order valence-electron chi connectivity index (χ3n) is 3.66. The van der Waals surface area contributed by atoms with Gasteiger partial charge in [-0.05, 0) is 18.6 Å². The van der Waals surface area contributed by atoms with Crippen molar-refractivity contribution >= 4 is 21.3 Å². The molecule has 0 radical (unpaired) electrons. The normalized spacial score (nSPS) is 21.3. The molecule has 0 N–H and O–H groups in total. The summed E-state index contributed by atoms with van der Waals surface area (Å²) in [5.41, 5.74) is 1.51. The van der Waals surface area contributed by atoms with Crippen LogP contribution in [0.3, 0.4) is 0 Å². The van der Waals surface area contributed by atoms with Crippen LogP contribution >= 0.6 is 0 Å². The lowest BCUT2D eigenvalue weighted by Gasteiger charge is -2.27. The molecule has 5 heteroatoms. The van der Waals surface area contributed by atoms with Crippen molar-refractivity contribution in [3.8, 4) is 0 Å². The number of anilines is 1. The first kappa shape index (κ1) is 14.1. The van der Waals surface area contributed by atoms with E-state index in [1.54, 1.807) is 6.07 Å². The SMILES string of the molecule is CCC(=O)c1ccccc1N(C)C1CCS(=O)(=O)C1. The number of para-hydroxylation sites is 1. The molecule has 4 nitrogen and oxygen atoms in total. The topological polar surface area (TPSA) is 54.5 Å². The largest absolute Gasteiger partial charge is 0.370 e. The predicted octanol–water partition coefficient (Wildman–Crippen LogP) is 1.90. The molecule has 0 bridgehead atoms. The van der Waals surface area contributed by atoms with E-state index in [9.17, 15) is 13.2 Å². The van der Waals surface area contributed by atoms with Gasteiger partial charge in [0.05, 0.1) is 11.5 Å². The van der Waals surface area contributed by atoms with Crippen LogP contribution in [0.15, 0.2) is 24.3 Å². The Morgan fingerprint density at radius 1 is 1.37 bits per heavy atom. The molecule has 1 aliphatic rings. The predicted molar refractivity (Wildman–Crippen MR) is 76.5 cm³/mol. The number of hydrogen-bond acceptors (Lipinski definition) is 4. The maximum Gasteiger partial charge on any atom is 0.164 e. The molecule has 0 saturated carbocycles. The number of ketones is 1. The highest BCUT2D eigenvalue weighted by atomic mass is 32.2. The number of nitrogens with zero attached hydrogens (tertiary/aromatic N) is 1. The fourth-order valence-corrected chi connectivity index (χ4v) is 4.26. The van der Waals surface area contributed by atoms with E-state index < -0.39 is 9.84 Å². The number of sulfone groups is 1. The van der Waals surface area contributed by atoms with E-state index >= 15 is 0 Å². The van der Waals surface area contributed by atoms with E-state index in [0.29, 0.717) is 18.4 Å². The Bertz CT molecular complexity index is 580. The summed E-state index contributed by atoms with van der Waals surface area (Å²) in [7, 11) is -1.05. The second-order valence-electron chi connectivity index (χ2n) is 4.96. The van der Waals surface area contributed by atoms with E-state index in [0.717, 1.165) is 5.69 Å². The van der Waals surface area contributed by atoms with Gasteiger partial charge in [-0.15, -0.1) is 0 Å². The van der Waals surface area contributed by atoms with Crippen LogP contribution in [0, 0.1) is 0 Å². The van der Waals surface area contributed by atoms with Crippen molar-refractivity contribution < 1.29 is 13.2 Å². The van der Waals surface area contributed by atoms with Crippen LogP contribution in [0.2, 0.25) is 0 Å². The number of benzene rings is 1. The van der Waals surface area contributed by atoms with Crippen molar-refractivity contribution in [1.29, 1.82) is 0 Å². The first-order chi connectivity index (χ1) is 8.94. The Hall–Kier alpha value is -1.36. The summed E-state index contributed by atoms with van der Waals surface area (Å²) < 4.78 is 23.1. The van der Waals surface area contributed by atoms with E-state index in [1.807, 2.05) is 37.1 Å². The first-order valence-corrected chi connectivity index (χ1v) is 8.32. The van der Waals surface area contributed by atoms with E-state index in [-0.39, 0.29) is 23.3 Å². The highest BCUT2D eigenvalue weighted by Gasteiger charge is 2.31. The molecule has 1 atom stereocenters. The third-order valence-corrected chi connectivity index (χ3v) is 5.41. The fourth-order valence-electron chi connectivity index (χ4n) is 2.48. The second-order valence-corrected chi connectivity index (χ2v) is 7.19. The Morgan fingerprint density at radius 2 is 2.05 bits per heavy atom. The third kappa shape index (κ3) is 2.97. The molecule has 0 aromatic heterocycles. The van der Waals surface area contributed by atoms with E-state index in [4.69, 9.17) is 0 Å². The van der Waals surface area contributed by atoms with Gasteiger partial charge in [0, 0.05) is 30.8 Å². The monoisotopic (exact) mass is 281 g/mol. The number of carbonyl (C=O) groups is 1. The van der Waals surface area contributed by atoms with Gasteiger partial charge in [-0.2, -0.15) is 0 Å². The van der Waals surface area contributed by atoms with Crippen molar-refractivity contribution in [2.24, 2.45) is 0 Å². The lowest BCUT2D eigenvalue weighted by molar-refractivity contribution is 0.0988. The van der Waals surface area contributed by atoms with Gasteiger partial charge < -0.3 is 4.90 Å². The van der Waals surface area contributed by atoms with Crippen molar-refractivity contribution in [1.82, 2.24) is 0 Å². The minimum atomic E-state index is -2.91. The van der Waals surface area contributed by atoms with Crippen LogP contribution in [0.4, 0.5) is 5.69 Å². The Balaban J connectivity index is 2.29. The highest BCUT2D eigenvalue weighted by molar-refractivity contribution is 7.91. The summed E-state index contributed by atoms with van der Waals surface area (Å²) in [6.07, 6.45) is 1.08. The molecule has 1 saturated heterocycles. The lowest BCUT2D eigenvalue weighted by Crippen LogP contribution is -2.33. The van der Waals surface area contributed by atoms with Crippen LogP contribution in [-0.4, -0.2) is 38.8 Å². The molecule has 1 heterocycles. The van der Waals surface area contributed by atoms with Gasteiger partial charge in [-0.25, -0.2) is 8.42 Å². The molecule has 1 aromatic rings. The molecule has 1 fully saturated rings. The minimum Gasteiger partial charge on any atom is -0.370 e. The molecule has 2 rings (SSSR count). The van der Waals surface area contributed by atoms with Crippen LogP contribution in [0.1, 0.15) is 30.1 Å². The van der Waals surface area contributed by atoms with Crippen LogP contribution < -0.4 is 4.90 Å². The summed E-state index contributed by atoms with van der Waals surface area (Å²) >= 11 is 0. The highest BCUT2D eigenvalue weighted by Crippen LogP contribution is 2.26. The number of Topliss-reactive ketones (excluding diaryl/α,β-unsaturated/α-hetero) is 1. The number of rotatable bonds is 4. The van der Waals surface area contributed by atoms with Crippen LogP contribution in [-0.2, 0) is 9.84 Å². The zero-order chi connectivity index (χ0) is 14.0. The molecule has 19 heavy (non-hydrogen) atoms. The van der Waals surface area contributed by atoms with Crippen molar-refractivity contribution in [2.75, 3.05) is 23.5 Å². The maximum atomic E-state index is 11.9. The smallest absolute Gasteiger partial charge is 0.164 e. The lowest BCUT2D eigenvalue weighted by atomic mass is 10.0. The Morgan fingerprint density at radius 3 is 2.63 bits per heavy atom. The molecular weight excluding hydrogens is 262 g/mol. The standard InChI is InChI=1S/C14H19NO3S/c1-3-14(16)12-6-4-5-7-13(12)15(2)11-8-9-19(17,18)10-11/h4-7,11H,3,8-10H2,1-2H3. The molecule has 1 aliphatic heterocycles. The quantitative estimate of drug-likeness (QED) is 0.791. The summed E-state index contributed by atoms with van der Waals surface area (Å²) in [6, 6.07) is 7.37. The van der Waals surface area contributed by atoms with Crippen molar-refractivity contribution in [3.05, 3.63) is 29.8 Å². The molecular formula is C14H19NO3S. The first-order valence-electron chi connectivity index (χ1n) is 6.50. The van der Waals surface area contributed by atoms with Gasteiger partial charge in [-0.1, -0.05) is 19.1 Å². The molecule has 0 amide bonds. The molecule has 0 spiro atoms. The minimum absolute atomic E-state index is 0.0317. The Kier molecular flexibility index (Phi) is 3.94. The van der Waals surface area contributed by atoms with Crippen molar-refractivity contribution in [2.45, 2.75) is 25.8 Å². The van der Waals surface area contributed by atoms with Gasteiger partial charge >= 0.3 is 0 Å². The second kappa shape index (κ2) is 5.33. The molecule has 1 aromatic carbocycles. The van der Waals surface area contributed by atoms with E-state index in [1.165, 1.54) is 0 Å². The summed E-state index contributed by atoms with van der Waals surface area (Å²) in [5.74, 6) is 0.507.